The van der Waals surface area contributed by atoms with E-state index in [1.165, 1.54) is 38.5 Å². The Morgan fingerprint density at radius 3 is 2.46 bits per heavy atom. The van der Waals surface area contributed by atoms with Gasteiger partial charge in [0.25, 0.3) is 0 Å². The number of ether oxygens (including phenoxy) is 1. The molecule has 4 nitrogen and oxygen atoms in total. The van der Waals surface area contributed by atoms with Crippen molar-refractivity contribution in [2.45, 2.75) is 101 Å². The minimum atomic E-state index is 0.0698. The van der Waals surface area contributed by atoms with Gasteiger partial charge in [-0.05, 0) is 102 Å². The first-order valence-electron chi connectivity index (χ1n) is 11.8. The van der Waals surface area contributed by atoms with Crippen molar-refractivity contribution in [1.29, 1.82) is 0 Å². The molecule has 5 heteroatoms. The van der Waals surface area contributed by atoms with Gasteiger partial charge in [0.05, 0.1) is 12.5 Å². The lowest BCUT2D eigenvalue weighted by atomic mass is 9.68. The standard InChI is InChI=1S/C23H39ClN2O2/c1-26-19-10-11-21(26)22(20(14-19)16-4-6-17(24)7-5-16)23(27)28-13-12-15-2-8-18(25)9-3-15/h15-22H,2-14,25H2,1H3/t15?,16?,17?,18?,19-,20-,21?,22?/m1/s1. The summed E-state index contributed by atoms with van der Waals surface area (Å²) in [6, 6.07) is 1.44. The molecular formula is C23H39ClN2O2. The second kappa shape index (κ2) is 9.22. The zero-order chi connectivity index (χ0) is 19.7. The summed E-state index contributed by atoms with van der Waals surface area (Å²) in [6.07, 6.45) is 13.8. The zero-order valence-corrected chi connectivity index (χ0v) is 18.3. The van der Waals surface area contributed by atoms with Gasteiger partial charge in [0.1, 0.15) is 0 Å². The first kappa shape index (κ1) is 20.9. The summed E-state index contributed by atoms with van der Waals surface area (Å²) in [4.78, 5) is 15.7. The molecule has 0 spiro atoms. The van der Waals surface area contributed by atoms with Gasteiger partial charge in [-0.3, -0.25) is 9.69 Å². The molecule has 4 aliphatic rings. The molecule has 2 bridgehead atoms. The van der Waals surface area contributed by atoms with Crippen molar-refractivity contribution < 1.29 is 9.53 Å². The van der Waals surface area contributed by atoms with Crippen LogP contribution in [0, 0.1) is 23.7 Å². The molecule has 4 fully saturated rings. The average Bonchev–Trinajstić information content (AvgIpc) is 2.92. The van der Waals surface area contributed by atoms with E-state index in [4.69, 9.17) is 22.1 Å². The number of hydrogen-bond donors (Lipinski definition) is 1. The van der Waals surface area contributed by atoms with Crippen LogP contribution < -0.4 is 5.73 Å². The van der Waals surface area contributed by atoms with Crippen molar-refractivity contribution in [3.63, 3.8) is 0 Å². The molecule has 0 aromatic rings. The third-order valence-corrected chi connectivity index (χ3v) is 8.99. The molecule has 4 atom stereocenters. The van der Waals surface area contributed by atoms with Crippen LogP contribution in [0.4, 0.5) is 0 Å². The molecule has 2 aliphatic heterocycles. The highest BCUT2D eigenvalue weighted by molar-refractivity contribution is 6.20. The largest absolute Gasteiger partial charge is 0.465 e. The number of fused-ring (bicyclic) bond motifs is 2. The molecule has 160 valence electrons. The van der Waals surface area contributed by atoms with Crippen molar-refractivity contribution in [3.8, 4) is 0 Å². The van der Waals surface area contributed by atoms with Gasteiger partial charge in [-0.25, -0.2) is 0 Å². The Morgan fingerprint density at radius 2 is 1.75 bits per heavy atom. The minimum absolute atomic E-state index is 0.0698. The highest BCUT2D eigenvalue weighted by Crippen LogP contribution is 2.48. The topological polar surface area (TPSA) is 55.6 Å². The quantitative estimate of drug-likeness (QED) is 0.541. The Hall–Kier alpha value is -0.320. The fourth-order valence-electron chi connectivity index (χ4n) is 6.73. The van der Waals surface area contributed by atoms with Crippen LogP contribution in [0.1, 0.15) is 77.0 Å². The molecule has 0 amide bonds. The van der Waals surface area contributed by atoms with Gasteiger partial charge in [-0.15, -0.1) is 11.6 Å². The molecule has 0 radical (unpaired) electrons. The van der Waals surface area contributed by atoms with Gasteiger partial charge >= 0.3 is 5.97 Å². The summed E-state index contributed by atoms with van der Waals surface area (Å²) in [5, 5.41) is 0.341. The second-order valence-electron chi connectivity index (χ2n) is 10.1. The van der Waals surface area contributed by atoms with Gasteiger partial charge in [0.2, 0.25) is 0 Å². The number of piperidine rings is 1. The predicted molar refractivity (Wildman–Crippen MR) is 113 cm³/mol. The number of nitrogens with two attached hydrogens (primary N) is 1. The molecule has 0 aromatic heterocycles. The van der Waals surface area contributed by atoms with Crippen molar-refractivity contribution in [2.24, 2.45) is 29.4 Å². The van der Waals surface area contributed by atoms with Gasteiger partial charge in [0, 0.05) is 23.5 Å². The highest BCUT2D eigenvalue weighted by atomic mass is 35.5. The minimum Gasteiger partial charge on any atom is -0.465 e. The molecule has 2 N–H and O–H groups in total. The lowest BCUT2D eigenvalue weighted by Crippen LogP contribution is -2.52. The van der Waals surface area contributed by atoms with Crippen LogP contribution in [0.25, 0.3) is 0 Å². The van der Waals surface area contributed by atoms with Crippen LogP contribution >= 0.6 is 11.6 Å². The van der Waals surface area contributed by atoms with Crippen molar-refractivity contribution in [2.75, 3.05) is 13.7 Å². The zero-order valence-electron chi connectivity index (χ0n) is 17.5. The van der Waals surface area contributed by atoms with Crippen molar-refractivity contribution >= 4 is 17.6 Å². The number of carbonyl (C=O) groups is 1. The van der Waals surface area contributed by atoms with Gasteiger partial charge in [0.15, 0.2) is 0 Å². The van der Waals surface area contributed by atoms with Gasteiger partial charge in [-0.2, -0.15) is 0 Å². The number of alkyl halides is 1. The number of esters is 1. The number of halogens is 1. The molecule has 2 unspecified atom stereocenters. The van der Waals surface area contributed by atoms with Gasteiger partial charge in [-0.1, -0.05) is 0 Å². The summed E-state index contributed by atoms with van der Waals surface area (Å²) in [6.45, 7) is 0.593. The maximum absolute atomic E-state index is 13.2. The Bertz CT molecular complexity index is 529. The normalized spacial score (nSPS) is 44.4. The monoisotopic (exact) mass is 410 g/mol. The van der Waals surface area contributed by atoms with E-state index in [1.54, 1.807) is 0 Å². The van der Waals surface area contributed by atoms with Crippen LogP contribution in [-0.2, 0) is 9.53 Å². The number of hydrogen-bond acceptors (Lipinski definition) is 4. The molecular weight excluding hydrogens is 372 g/mol. The van der Waals surface area contributed by atoms with E-state index in [0.29, 0.717) is 47.9 Å². The average molecular weight is 411 g/mol. The molecule has 2 saturated carbocycles. The van der Waals surface area contributed by atoms with E-state index in [9.17, 15) is 4.79 Å². The van der Waals surface area contributed by atoms with Gasteiger partial charge < -0.3 is 10.5 Å². The van der Waals surface area contributed by atoms with E-state index in [0.717, 1.165) is 38.5 Å². The number of carbonyl (C=O) groups excluding carboxylic acids is 1. The lowest BCUT2D eigenvalue weighted by molar-refractivity contribution is -0.157. The number of rotatable bonds is 5. The Labute approximate surface area is 175 Å². The Balaban J connectivity index is 1.35. The summed E-state index contributed by atoms with van der Waals surface area (Å²) < 4.78 is 5.93. The van der Waals surface area contributed by atoms with Crippen LogP contribution in [-0.4, -0.2) is 48.0 Å². The van der Waals surface area contributed by atoms with E-state index in [1.807, 2.05) is 0 Å². The van der Waals surface area contributed by atoms with Crippen molar-refractivity contribution in [1.82, 2.24) is 4.90 Å². The van der Waals surface area contributed by atoms with Crippen LogP contribution in [0.2, 0.25) is 0 Å². The molecule has 2 saturated heterocycles. The second-order valence-corrected chi connectivity index (χ2v) is 10.8. The Kier molecular flexibility index (Phi) is 6.89. The van der Waals surface area contributed by atoms with Crippen molar-refractivity contribution in [3.05, 3.63) is 0 Å². The lowest BCUT2D eigenvalue weighted by Gasteiger charge is -2.46. The van der Waals surface area contributed by atoms with E-state index < -0.39 is 0 Å². The summed E-state index contributed by atoms with van der Waals surface area (Å²) in [7, 11) is 2.22. The smallest absolute Gasteiger partial charge is 0.310 e. The van der Waals surface area contributed by atoms with Crippen LogP contribution in [0.5, 0.6) is 0 Å². The Morgan fingerprint density at radius 1 is 1.04 bits per heavy atom. The molecule has 2 aliphatic carbocycles. The number of nitrogens with zero attached hydrogens (tertiary/aromatic N) is 1. The summed E-state index contributed by atoms with van der Waals surface area (Å²) >= 11 is 6.36. The summed E-state index contributed by atoms with van der Waals surface area (Å²) in [5.74, 6) is 2.00. The first-order valence-corrected chi connectivity index (χ1v) is 12.2. The SMILES string of the molecule is CN1C2CC[C@@H]1C[C@H](C1CCC(Cl)CC1)C2C(=O)OCCC1CCC(N)CC1. The van der Waals surface area contributed by atoms with Crippen LogP contribution in [0.15, 0.2) is 0 Å². The molecule has 0 aromatic carbocycles. The predicted octanol–water partition coefficient (Wildman–Crippen LogP) is 4.33. The maximum Gasteiger partial charge on any atom is 0.310 e. The van der Waals surface area contributed by atoms with E-state index in [-0.39, 0.29) is 11.9 Å². The van der Waals surface area contributed by atoms with E-state index in [2.05, 4.69) is 11.9 Å². The molecule has 4 rings (SSSR count). The fraction of sp³-hybridized carbons (Fsp3) is 0.957. The van der Waals surface area contributed by atoms with E-state index >= 15 is 0 Å². The summed E-state index contributed by atoms with van der Waals surface area (Å²) in [5.41, 5.74) is 6.02. The molecule has 28 heavy (non-hydrogen) atoms. The molecule has 2 heterocycles. The first-order chi connectivity index (χ1) is 13.5. The fourth-order valence-corrected chi connectivity index (χ4v) is 6.98. The van der Waals surface area contributed by atoms with Crippen LogP contribution in [0.3, 0.4) is 0 Å². The highest BCUT2D eigenvalue weighted by Gasteiger charge is 2.51. The third kappa shape index (κ3) is 4.54. The third-order valence-electron chi connectivity index (χ3n) is 8.56. The maximum atomic E-state index is 13.2.